The van der Waals surface area contributed by atoms with Crippen molar-refractivity contribution in [1.82, 2.24) is 15.1 Å². The second kappa shape index (κ2) is 5.63. The van der Waals surface area contributed by atoms with Crippen molar-refractivity contribution in [1.29, 1.82) is 0 Å². The lowest BCUT2D eigenvalue weighted by Gasteiger charge is -2.14. The molecule has 0 spiro atoms. The molecule has 0 saturated heterocycles. The molecular weight excluding hydrogens is 276 g/mol. The second-order valence-electron chi connectivity index (χ2n) is 4.14. The topological polar surface area (TPSA) is 46.9 Å². The first-order valence-corrected chi connectivity index (χ1v) is 5.49. The minimum Gasteiger partial charge on any atom is -0.312 e. The maximum Gasteiger partial charge on any atom is 0.274 e. The summed E-state index contributed by atoms with van der Waals surface area (Å²) in [6.45, 7) is 1.83. The van der Waals surface area contributed by atoms with Gasteiger partial charge in [0.15, 0.2) is 11.6 Å². The summed E-state index contributed by atoms with van der Waals surface area (Å²) in [5, 5.41) is 7.52. The number of aromatic nitrogens is 2. The van der Waals surface area contributed by atoms with Gasteiger partial charge >= 0.3 is 0 Å². The van der Waals surface area contributed by atoms with Gasteiger partial charge in [-0.15, -0.1) is 12.4 Å². The van der Waals surface area contributed by atoms with E-state index in [0.29, 0.717) is 11.1 Å². The Hall–Kier alpha value is -1.53. The van der Waals surface area contributed by atoms with Crippen LogP contribution in [0.25, 0.3) is 10.8 Å². The first-order chi connectivity index (χ1) is 8.45. The molecule has 0 saturated carbocycles. The van der Waals surface area contributed by atoms with Crippen LogP contribution in [0.15, 0.2) is 16.9 Å². The van der Waals surface area contributed by atoms with E-state index in [1.54, 1.807) is 7.05 Å². The predicted molar refractivity (Wildman–Crippen MR) is 71.6 cm³/mol. The van der Waals surface area contributed by atoms with Crippen LogP contribution in [-0.2, 0) is 7.05 Å². The minimum absolute atomic E-state index is 0. The SMILES string of the molecule is CN[C@@H](C)c1nn(C)c(=O)c2cc(F)c(F)cc12.Cl. The molecule has 1 heterocycles. The third kappa shape index (κ3) is 2.59. The minimum atomic E-state index is -1.03. The van der Waals surface area contributed by atoms with Gasteiger partial charge in [-0.2, -0.15) is 5.10 Å². The van der Waals surface area contributed by atoms with Crippen molar-refractivity contribution in [2.75, 3.05) is 7.05 Å². The lowest BCUT2D eigenvalue weighted by atomic mass is 10.1. The molecule has 1 atom stereocenters. The van der Waals surface area contributed by atoms with Gasteiger partial charge in [-0.25, -0.2) is 13.5 Å². The maximum atomic E-state index is 13.3. The molecule has 0 aliphatic heterocycles. The number of nitrogens with zero attached hydrogens (tertiary/aromatic N) is 2. The van der Waals surface area contributed by atoms with Crippen molar-refractivity contribution >= 4 is 23.2 Å². The van der Waals surface area contributed by atoms with Gasteiger partial charge in [0.05, 0.1) is 11.1 Å². The summed E-state index contributed by atoms with van der Waals surface area (Å²) in [6.07, 6.45) is 0. The van der Waals surface area contributed by atoms with Crippen LogP contribution in [0, 0.1) is 11.6 Å². The van der Waals surface area contributed by atoms with Gasteiger partial charge in [0.2, 0.25) is 0 Å². The summed E-state index contributed by atoms with van der Waals surface area (Å²) in [5.74, 6) is -2.02. The molecule has 19 heavy (non-hydrogen) atoms. The van der Waals surface area contributed by atoms with E-state index in [2.05, 4.69) is 10.4 Å². The molecule has 0 aliphatic carbocycles. The molecule has 104 valence electrons. The Labute approximate surface area is 114 Å². The molecule has 0 radical (unpaired) electrons. The molecule has 4 nitrogen and oxygen atoms in total. The zero-order chi connectivity index (χ0) is 13.4. The van der Waals surface area contributed by atoms with Crippen molar-refractivity contribution in [3.63, 3.8) is 0 Å². The van der Waals surface area contributed by atoms with Gasteiger partial charge in [0, 0.05) is 18.5 Å². The van der Waals surface area contributed by atoms with E-state index in [0.717, 1.165) is 16.8 Å². The third-order valence-corrected chi connectivity index (χ3v) is 2.96. The Morgan fingerprint density at radius 2 is 1.79 bits per heavy atom. The highest BCUT2D eigenvalue weighted by Crippen LogP contribution is 2.22. The summed E-state index contributed by atoms with van der Waals surface area (Å²) in [7, 11) is 3.21. The Balaban J connectivity index is 0.00000180. The lowest BCUT2D eigenvalue weighted by Crippen LogP contribution is -2.25. The zero-order valence-electron chi connectivity index (χ0n) is 10.7. The summed E-state index contributed by atoms with van der Waals surface area (Å²) < 4.78 is 27.6. The molecule has 0 aliphatic rings. The number of hydrogen-bond acceptors (Lipinski definition) is 3. The van der Waals surface area contributed by atoms with E-state index in [9.17, 15) is 13.6 Å². The fraction of sp³-hybridized carbons (Fsp3) is 0.333. The van der Waals surface area contributed by atoms with Crippen molar-refractivity contribution in [2.45, 2.75) is 13.0 Å². The van der Waals surface area contributed by atoms with Crippen LogP contribution in [0.5, 0.6) is 0 Å². The van der Waals surface area contributed by atoms with Crippen LogP contribution in [0.3, 0.4) is 0 Å². The van der Waals surface area contributed by atoms with E-state index >= 15 is 0 Å². The van der Waals surface area contributed by atoms with E-state index in [1.165, 1.54) is 7.05 Å². The molecule has 2 aromatic rings. The average molecular weight is 290 g/mol. The van der Waals surface area contributed by atoms with Crippen LogP contribution in [-0.4, -0.2) is 16.8 Å². The average Bonchev–Trinajstić information content (AvgIpc) is 2.35. The number of aryl methyl sites for hydroxylation is 1. The molecule has 1 aromatic heterocycles. The summed E-state index contributed by atoms with van der Waals surface area (Å²) >= 11 is 0. The van der Waals surface area contributed by atoms with Gasteiger partial charge < -0.3 is 5.32 Å². The molecule has 1 aromatic carbocycles. The standard InChI is InChI=1S/C12H13F2N3O.ClH/c1-6(15-2)11-7-4-9(13)10(14)5-8(7)12(18)17(3)16-11;/h4-6,15H,1-3H3;1H/t6-;/m0./s1. The van der Waals surface area contributed by atoms with Crippen molar-refractivity contribution < 1.29 is 8.78 Å². The Bertz CT molecular complexity index is 672. The van der Waals surface area contributed by atoms with Crippen LogP contribution >= 0.6 is 12.4 Å². The molecular formula is C12H14ClF2N3O. The molecule has 0 fully saturated rings. The normalized spacial score (nSPS) is 12.3. The fourth-order valence-electron chi connectivity index (χ4n) is 1.83. The molecule has 0 unspecified atom stereocenters. The number of rotatable bonds is 2. The quantitative estimate of drug-likeness (QED) is 0.919. The van der Waals surface area contributed by atoms with Crippen LogP contribution < -0.4 is 10.9 Å². The summed E-state index contributed by atoms with van der Waals surface area (Å²) in [4.78, 5) is 11.8. The molecule has 7 heteroatoms. The molecule has 2 rings (SSSR count). The van der Waals surface area contributed by atoms with Crippen molar-refractivity contribution in [3.05, 3.63) is 39.8 Å². The lowest BCUT2D eigenvalue weighted by molar-refractivity contribution is 0.509. The summed E-state index contributed by atoms with van der Waals surface area (Å²) in [5.41, 5.74) is 0.0597. The number of nitrogens with one attached hydrogen (secondary N) is 1. The Morgan fingerprint density at radius 3 is 2.32 bits per heavy atom. The smallest absolute Gasteiger partial charge is 0.274 e. The fourth-order valence-corrected chi connectivity index (χ4v) is 1.83. The van der Waals surface area contributed by atoms with Gasteiger partial charge in [-0.3, -0.25) is 4.79 Å². The largest absolute Gasteiger partial charge is 0.312 e. The monoisotopic (exact) mass is 289 g/mol. The molecule has 1 N–H and O–H groups in total. The third-order valence-electron chi connectivity index (χ3n) is 2.96. The van der Waals surface area contributed by atoms with Crippen LogP contribution in [0.4, 0.5) is 8.78 Å². The maximum absolute atomic E-state index is 13.3. The van der Waals surface area contributed by atoms with Gasteiger partial charge in [0.1, 0.15) is 0 Å². The zero-order valence-corrected chi connectivity index (χ0v) is 11.5. The highest BCUT2D eigenvalue weighted by Gasteiger charge is 2.16. The van der Waals surface area contributed by atoms with E-state index in [1.807, 2.05) is 6.92 Å². The van der Waals surface area contributed by atoms with E-state index in [-0.39, 0.29) is 23.8 Å². The Kier molecular flexibility index (Phi) is 4.60. The first-order valence-electron chi connectivity index (χ1n) is 5.49. The van der Waals surface area contributed by atoms with E-state index < -0.39 is 17.2 Å². The first kappa shape index (κ1) is 15.5. The molecule has 0 amide bonds. The van der Waals surface area contributed by atoms with Crippen LogP contribution in [0.2, 0.25) is 0 Å². The number of halogens is 3. The number of fused-ring (bicyclic) bond motifs is 1. The number of benzene rings is 1. The van der Waals surface area contributed by atoms with Gasteiger partial charge in [-0.05, 0) is 26.1 Å². The molecule has 0 bridgehead atoms. The second-order valence-corrected chi connectivity index (χ2v) is 4.14. The van der Waals surface area contributed by atoms with Gasteiger partial charge in [-0.1, -0.05) is 0 Å². The van der Waals surface area contributed by atoms with E-state index in [4.69, 9.17) is 0 Å². The van der Waals surface area contributed by atoms with Crippen LogP contribution in [0.1, 0.15) is 18.7 Å². The summed E-state index contributed by atoms with van der Waals surface area (Å²) in [6, 6.07) is 1.76. The van der Waals surface area contributed by atoms with Crippen molar-refractivity contribution in [3.8, 4) is 0 Å². The Morgan fingerprint density at radius 1 is 1.26 bits per heavy atom. The predicted octanol–water partition coefficient (Wildman–Crippen LogP) is 1.91. The van der Waals surface area contributed by atoms with Crippen molar-refractivity contribution in [2.24, 2.45) is 7.05 Å². The number of hydrogen-bond donors (Lipinski definition) is 1. The highest BCUT2D eigenvalue weighted by atomic mass is 35.5. The van der Waals surface area contributed by atoms with Gasteiger partial charge in [0.25, 0.3) is 5.56 Å². The highest BCUT2D eigenvalue weighted by molar-refractivity contribution is 5.85.